The van der Waals surface area contributed by atoms with Crippen LogP contribution in [0.25, 0.3) is 0 Å². The first-order valence-corrected chi connectivity index (χ1v) is 4.98. The average Bonchev–Trinajstić information content (AvgIpc) is 2.08. The molecule has 2 heteroatoms. The van der Waals surface area contributed by atoms with Crippen molar-refractivity contribution >= 4 is 17.4 Å². The van der Waals surface area contributed by atoms with Gasteiger partial charge in [0, 0.05) is 17.4 Å². The Morgan fingerprint density at radius 3 is 3.00 bits per heavy atom. The number of hydrogen-bond donors (Lipinski definition) is 0. The molecule has 0 amide bonds. The predicted molar refractivity (Wildman–Crippen MR) is 51.1 cm³/mol. The zero-order valence-corrected chi connectivity index (χ0v) is 8.18. The Morgan fingerprint density at radius 1 is 1.58 bits per heavy atom. The molecule has 1 aliphatic carbocycles. The molecule has 68 valence electrons. The molecule has 0 aromatic carbocycles. The number of carbonyl (C=O) groups is 1. The maximum atomic E-state index is 11.6. The van der Waals surface area contributed by atoms with Crippen molar-refractivity contribution in [1.82, 2.24) is 0 Å². The molecule has 0 aromatic heterocycles. The monoisotopic (exact) mass is 186 g/mol. The van der Waals surface area contributed by atoms with Gasteiger partial charge in [0.05, 0.1) is 0 Å². The lowest BCUT2D eigenvalue weighted by molar-refractivity contribution is -0.128. The molecule has 1 rings (SSSR count). The summed E-state index contributed by atoms with van der Waals surface area (Å²) in [6, 6.07) is 0. The Morgan fingerprint density at radius 2 is 2.33 bits per heavy atom. The zero-order chi connectivity index (χ0) is 8.97. The van der Waals surface area contributed by atoms with Crippen LogP contribution in [0.4, 0.5) is 0 Å². The summed E-state index contributed by atoms with van der Waals surface area (Å²) in [7, 11) is 0. The van der Waals surface area contributed by atoms with Gasteiger partial charge in [-0.2, -0.15) is 0 Å². The van der Waals surface area contributed by atoms with Crippen molar-refractivity contribution in [3.05, 3.63) is 11.6 Å². The molecule has 0 spiro atoms. The summed E-state index contributed by atoms with van der Waals surface area (Å²) in [6.45, 7) is 2.03. The van der Waals surface area contributed by atoms with Crippen LogP contribution in [0.15, 0.2) is 11.6 Å². The Bertz CT molecular complexity index is 186. The number of ketones is 1. The van der Waals surface area contributed by atoms with E-state index < -0.39 is 0 Å². The number of carbonyl (C=O) groups excluding carboxylic acids is 1. The second-order valence-corrected chi connectivity index (χ2v) is 3.78. The lowest BCUT2D eigenvalue weighted by atomic mass is 9.80. The fourth-order valence-electron chi connectivity index (χ4n) is 1.81. The summed E-state index contributed by atoms with van der Waals surface area (Å²) in [5.74, 6) is 0.937. The van der Waals surface area contributed by atoms with E-state index in [4.69, 9.17) is 11.6 Å². The van der Waals surface area contributed by atoms with Crippen LogP contribution < -0.4 is 0 Å². The number of hydrogen-bond acceptors (Lipinski definition) is 1. The van der Waals surface area contributed by atoms with Gasteiger partial charge in [-0.25, -0.2) is 0 Å². The van der Waals surface area contributed by atoms with Crippen molar-refractivity contribution in [3.8, 4) is 0 Å². The summed E-state index contributed by atoms with van der Waals surface area (Å²) in [5, 5.41) is 0. The van der Waals surface area contributed by atoms with Crippen molar-refractivity contribution in [1.29, 1.82) is 0 Å². The molecule has 2 unspecified atom stereocenters. The zero-order valence-electron chi connectivity index (χ0n) is 7.42. The van der Waals surface area contributed by atoms with Gasteiger partial charge in [-0.15, -0.1) is 0 Å². The predicted octanol–water partition coefficient (Wildman–Crippen LogP) is 3.13. The van der Waals surface area contributed by atoms with E-state index in [0.29, 0.717) is 5.78 Å². The molecule has 1 fully saturated rings. The van der Waals surface area contributed by atoms with Crippen molar-refractivity contribution in [2.45, 2.75) is 32.6 Å². The molecule has 0 radical (unpaired) electrons. The van der Waals surface area contributed by atoms with Crippen LogP contribution in [0.2, 0.25) is 0 Å². The highest BCUT2D eigenvalue weighted by atomic mass is 35.5. The van der Waals surface area contributed by atoms with Crippen LogP contribution in [-0.2, 0) is 4.79 Å². The van der Waals surface area contributed by atoms with Gasteiger partial charge >= 0.3 is 0 Å². The van der Waals surface area contributed by atoms with E-state index in [0.717, 1.165) is 19.3 Å². The minimum Gasteiger partial charge on any atom is -0.299 e. The van der Waals surface area contributed by atoms with Gasteiger partial charge in [0.25, 0.3) is 0 Å². The standard InChI is InChI=1S/C10H15ClO/c1-8-4-2-5-9(10(8)12)6-3-7-11/h3,7-9H,2,4-6H2,1H3/b7-3+. The third-order valence-corrected chi connectivity index (χ3v) is 2.77. The highest BCUT2D eigenvalue weighted by molar-refractivity contribution is 6.25. The van der Waals surface area contributed by atoms with Gasteiger partial charge in [0.15, 0.2) is 0 Å². The lowest BCUT2D eigenvalue weighted by Crippen LogP contribution is -2.25. The maximum absolute atomic E-state index is 11.6. The van der Waals surface area contributed by atoms with E-state index in [1.807, 2.05) is 13.0 Å². The summed E-state index contributed by atoms with van der Waals surface area (Å²) in [4.78, 5) is 11.6. The van der Waals surface area contributed by atoms with Gasteiger partial charge in [-0.3, -0.25) is 4.79 Å². The van der Waals surface area contributed by atoms with Crippen LogP contribution >= 0.6 is 11.6 Å². The summed E-state index contributed by atoms with van der Waals surface area (Å²) in [5.41, 5.74) is 1.51. The molecule has 12 heavy (non-hydrogen) atoms. The molecular weight excluding hydrogens is 172 g/mol. The van der Waals surface area contributed by atoms with E-state index in [1.54, 1.807) is 0 Å². The first kappa shape index (κ1) is 9.79. The molecular formula is C10H15ClO. The minimum absolute atomic E-state index is 0.240. The molecule has 0 aromatic rings. The van der Waals surface area contributed by atoms with Crippen LogP contribution in [0.5, 0.6) is 0 Å². The normalized spacial score (nSPS) is 31.3. The van der Waals surface area contributed by atoms with Crippen molar-refractivity contribution in [2.24, 2.45) is 11.8 Å². The molecule has 0 N–H and O–H groups in total. The maximum Gasteiger partial charge on any atom is 0.139 e. The molecule has 0 heterocycles. The number of allylic oxidation sites excluding steroid dienone is 1. The van der Waals surface area contributed by atoms with Crippen molar-refractivity contribution < 1.29 is 4.79 Å². The van der Waals surface area contributed by atoms with E-state index in [9.17, 15) is 4.79 Å². The molecule has 1 aliphatic rings. The van der Waals surface area contributed by atoms with Gasteiger partial charge < -0.3 is 0 Å². The summed E-state index contributed by atoms with van der Waals surface area (Å²) < 4.78 is 0. The summed E-state index contributed by atoms with van der Waals surface area (Å²) in [6.07, 6.45) is 6.01. The minimum atomic E-state index is 0.240. The largest absolute Gasteiger partial charge is 0.299 e. The van der Waals surface area contributed by atoms with E-state index >= 15 is 0 Å². The Hall–Kier alpha value is -0.300. The quantitative estimate of drug-likeness (QED) is 0.648. The molecule has 1 nitrogen and oxygen atoms in total. The fraction of sp³-hybridized carbons (Fsp3) is 0.700. The second-order valence-electron chi connectivity index (χ2n) is 3.53. The van der Waals surface area contributed by atoms with Gasteiger partial charge in [-0.1, -0.05) is 31.0 Å². The highest BCUT2D eigenvalue weighted by Gasteiger charge is 2.26. The van der Waals surface area contributed by atoms with Crippen LogP contribution in [0.1, 0.15) is 32.6 Å². The van der Waals surface area contributed by atoms with Crippen molar-refractivity contribution in [2.75, 3.05) is 0 Å². The number of halogens is 1. The molecule has 2 atom stereocenters. The Balaban J connectivity index is 2.46. The highest BCUT2D eigenvalue weighted by Crippen LogP contribution is 2.27. The Labute approximate surface area is 78.8 Å². The molecule has 0 aliphatic heterocycles. The third kappa shape index (κ3) is 2.34. The van der Waals surface area contributed by atoms with Gasteiger partial charge in [0.2, 0.25) is 0 Å². The first-order valence-electron chi connectivity index (χ1n) is 4.54. The SMILES string of the molecule is CC1CCCC(C/C=C/Cl)C1=O. The fourth-order valence-corrected chi connectivity index (χ4v) is 1.91. The smallest absolute Gasteiger partial charge is 0.139 e. The van der Waals surface area contributed by atoms with E-state index in [-0.39, 0.29) is 11.8 Å². The number of Topliss-reactive ketones (excluding diaryl/α,β-unsaturated/α-hetero) is 1. The van der Waals surface area contributed by atoms with Crippen LogP contribution in [0, 0.1) is 11.8 Å². The van der Waals surface area contributed by atoms with E-state index in [1.165, 1.54) is 12.0 Å². The molecule has 0 saturated heterocycles. The Kier molecular flexibility index (Phi) is 3.80. The molecule has 0 bridgehead atoms. The lowest BCUT2D eigenvalue weighted by Gasteiger charge is -2.24. The van der Waals surface area contributed by atoms with Crippen LogP contribution in [0.3, 0.4) is 0 Å². The van der Waals surface area contributed by atoms with Crippen LogP contribution in [-0.4, -0.2) is 5.78 Å². The van der Waals surface area contributed by atoms with Gasteiger partial charge in [-0.05, 0) is 19.3 Å². The first-order chi connectivity index (χ1) is 5.75. The second kappa shape index (κ2) is 4.66. The average molecular weight is 187 g/mol. The van der Waals surface area contributed by atoms with Gasteiger partial charge in [0.1, 0.15) is 5.78 Å². The summed E-state index contributed by atoms with van der Waals surface area (Å²) >= 11 is 5.41. The van der Waals surface area contributed by atoms with Crippen molar-refractivity contribution in [3.63, 3.8) is 0 Å². The van der Waals surface area contributed by atoms with E-state index in [2.05, 4.69) is 0 Å². The molecule has 1 saturated carbocycles. The topological polar surface area (TPSA) is 17.1 Å². The third-order valence-electron chi connectivity index (χ3n) is 2.59. The number of rotatable bonds is 2.